The summed E-state index contributed by atoms with van der Waals surface area (Å²) in [6, 6.07) is 12.2. The fourth-order valence-corrected chi connectivity index (χ4v) is 2.03. The summed E-state index contributed by atoms with van der Waals surface area (Å²) in [5.74, 6) is 0.308. The van der Waals surface area contributed by atoms with Crippen LogP contribution < -0.4 is 10.6 Å². The van der Waals surface area contributed by atoms with Crippen molar-refractivity contribution in [1.82, 2.24) is 10.6 Å². The van der Waals surface area contributed by atoms with Crippen molar-refractivity contribution < 1.29 is 14.0 Å². The zero-order chi connectivity index (χ0) is 17.4. The first-order valence-electron chi connectivity index (χ1n) is 7.96. The van der Waals surface area contributed by atoms with Crippen LogP contribution in [0.5, 0.6) is 0 Å². The Bertz CT molecular complexity index is 689. The molecule has 2 rings (SSSR count). The highest BCUT2D eigenvalue weighted by molar-refractivity contribution is 6.05. The Balaban J connectivity index is 2.11. The van der Waals surface area contributed by atoms with E-state index in [1.165, 1.54) is 12.3 Å². The Hall–Kier alpha value is -2.82. The monoisotopic (exact) mass is 326 g/mol. The van der Waals surface area contributed by atoms with Gasteiger partial charge >= 0.3 is 0 Å². The lowest BCUT2D eigenvalue weighted by atomic mass is 10.1. The van der Waals surface area contributed by atoms with Crippen LogP contribution in [0.3, 0.4) is 0 Å². The second-order valence-electron chi connectivity index (χ2n) is 5.83. The zero-order valence-electron chi connectivity index (χ0n) is 13.9. The Morgan fingerprint density at radius 1 is 1.12 bits per heavy atom. The Kier molecular flexibility index (Phi) is 6.37. The van der Waals surface area contributed by atoms with E-state index < -0.39 is 0 Å². The summed E-state index contributed by atoms with van der Waals surface area (Å²) < 4.78 is 5.24. The topological polar surface area (TPSA) is 71.3 Å². The first kappa shape index (κ1) is 17.5. The molecule has 0 aliphatic carbocycles. The first-order valence-corrected chi connectivity index (χ1v) is 7.96. The van der Waals surface area contributed by atoms with E-state index in [1.54, 1.807) is 36.4 Å². The molecule has 0 aliphatic rings. The molecule has 0 saturated carbocycles. The molecule has 1 aromatic carbocycles. The minimum absolute atomic E-state index is 0.155. The van der Waals surface area contributed by atoms with Crippen molar-refractivity contribution in [2.45, 2.75) is 20.3 Å². The Morgan fingerprint density at radius 2 is 1.88 bits per heavy atom. The van der Waals surface area contributed by atoms with Gasteiger partial charge < -0.3 is 15.1 Å². The van der Waals surface area contributed by atoms with E-state index in [0.717, 1.165) is 6.42 Å². The molecule has 1 aromatic heterocycles. The smallest absolute Gasteiger partial charge is 0.267 e. The van der Waals surface area contributed by atoms with Gasteiger partial charge in [0.05, 0.1) is 6.26 Å². The van der Waals surface area contributed by atoms with Crippen LogP contribution in [0.2, 0.25) is 0 Å². The van der Waals surface area contributed by atoms with Gasteiger partial charge in [-0.1, -0.05) is 32.0 Å². The standard InChI is InChI=1S/C19H22N2O3/c1-14(2)10-11-20-19(23)17(13-16-9-6-12-24-16)21-18(22)15-7-4-3-5-8-15/h3-9,12-14H,10-11H2,1-2H3,(H,20,23)(H,21,22)/b17-13-. The predicted molar refractivity (Wildman–Crippen MR) is 93.1 cm³/mol. The van der Waals surface area contributed by atoms with E-state index in [4.69, 9.17) is 4.42 Å². The Labute approximate surface area is 141 Å². The molecule has 126 valence electrons. The van der Waals surface area contributed by atoms with Crippen molar-refractivity contribution in [3.63, 3.8) is 0 Å². The van der Waals surface area contributed by atoms with Crippen LogP contribution in [0.25, 0.3) is 6.08 Å². The average molecular weight is 326 g/mol. The van der Waals surface area contributed by atoms with Crippen LogP contribution in [0.4, 0.5) is 0 Å². The van der Waals surface area contributed by atoms with E-state index >= 15 is 0 Å². The summed E-state index contributed by atoms with van der Waals surface area (Å²) in [6.07, 6.45) is 3.90. The number of hydrogen-bond acceptors (Lipinski definition) is 3. The van der Waals surface area contributed by atoms with Crippen LogP contribution in [-0.4, -0.2) is 18.4 Å². The lowest BCUT2D eigenvalue weighted by Gasteiger charge is -2.11. The highest BCUT2D eigenvalue weighted by Gasteiger charge is 2.15. The minimum Gasteiger partial charge on any atom is -0.465 e. The van der Waals surface area contributed by atoms with Gasteiger partial charge in [0, 0.05) is 18.2 Å². The van der Waals surface area contributed by atoms with Crippen molar-refractivity contribution in [3.8, 4) is 0 Å². The van der Waals surface area contributed by atoms with Crippen LogP contribution in [0.15, 0.2) is 58.8 Å². The quantitative estimate of drug-likeness (QED) is 0.768. The third-order valence-corrected chi connectivity index (χ3v) is 3.37. The lowest BCUT2D eigenvalue weighted by Crippen LogP contribution is -2.35. The molecule has 0 aliphatic heterocycles. The molecule has 0 fully saturated rings. The van der Waals surface area contributed by atoms with Gasteiger partial charge in [-0.25, -0.2) is 0 Å². The van der Waals surface area contributed by atoms with E-state index in [-0.39, 0.29) is 17.5 Å². The van der Waals surface area contributed by atoms with Gasteiger partial charge in [0.15, 0.2) is 0 Å². The number of hydrogen-bond donors (Lipinski definition) is 2. The third kappa shape index (κ3) is 5.43. The summed E-state index contributed by atoms with van der Waals surface area (Å²) in [7, 11) is 0. The van der Waals surface area contributed by atoms with Gasteiger partial charge in [0.2, 0.25) is 0 Å². The van der Waals surface area contributed by atoms with Crippen LogP contribution in [0.1, 0.15) is 36.4 Å². The van der Waals surface area contributed by atoms with E-state index in [2.05, 4.69) is 24.5 Å². The highest BCUT2D eigenvalue weighted by atomic mass is 16.3. The van der Waals surface area contributed by atoms with Gasteiger partial charge in [0.1, 0.15) is 11.5 Å². The maximum absolute atomic E-state index is 12.4. The maximum Gasteiger partial charge on any atom is 0.267 e. The number of rotatable bonds is 7. The number of carbonyl (C=O) groups is 2. The number of nitrogens with one attached hydrogen (secondary N) is 2. The molecule has 0 atom stereocenters. The van der Waals surface area contributed by atoms with Crippen molar-refractivity contribution in [2.75, 3.05) is 6.54 Å². The number of furan rings is 1. The minimum atomic E-state index is -0.340. The highest BCUT2D eigenvalue weighted by Crippen LogP contribution is 2.08. The molecule has 2 amide bonds. The molecule has 24 heavy (non-hydrogen) atoms. The summed E-state index contributed by atoms with van der Waals surface area (Å²) in [4.78, 5) is 24.7. The number of carbonyl (C=O) groups excluding carboxylic acids is 2. The van der Waals surface area contributed by atoms with E-state index in [0.29, 0.717) is 23.8 Å². The van der Waals surface area contributed by atoms with E-state index in [1.807, 2.05) is 6.07 Å². The number of benzene rings is 1. The molecule has 1 heterocycles. The maximum atomic E-state index is 12.4. The van der Waals surface area contributed by atoms with Gasteiger partial charge in [-0.05, 0) is 36.6 Å². The fourth-order valence-electron chi connectivity index (χ4n) is 2.03. The molecule has 0 spiro atoms. The van der Waals surface area contributed by atoms with Gasteiger partial charge in [0.25, 0.3) is 11.8 Å². The molecular weight excluding hydrogens is 304 g/mol. The average Bonchev–Trinajstić information content (AvgIpc) is 3.07. The normalized spacial score (nSPS) is 11.4. The molecule has 0 unspecified atom stereocenters. The molecule has 2 N–H and O–H groups in total. The molecule has 0 radical (unpaired) electrons. The van der Waals surface area contributed by atoms with Crippen LogP contribution in [-0.2, 0) is 4.79 Å². The number of amides is 2. The Morgan fingerprint density at radius 3 is 2.50 bits per heavy atom. The van der Waals surface area contributed by atoms with Crippen molar-refractivity contribution in [3.05, 3.63) is 65.7 Å². The molecule has 5 heteroatoms. The van der Waals surface area contributed by atoms with Gasteiger partial charge in [-0.2, -0.15) is 0 Å². The third-order valence-electron chi connectivity index (χ3n) is 3.37. The first-order chi connectivity index (χ1) is 11.6. The second kappa shape index (κ2) is 8.72. The molecule has 0 bridgehead atoms. The van der Waals surface area contributed by atoms with Crippen molar-refractivity contribution >= 4 is 17.9 Å². The van der Waals surface area contributed by atoms with Crippen LogP contribution in [0, 0.1) is 5.92 Å². The van der Waals surface area contributed by atoms with Gasteiger partial charge in [-0.15, -0.1) is 0 Å². The molecular formula is C19H22N2O3. The van der Waals surface area contributed by atoms with Crippen LogP contribution >= 0.6 is 0 Å². The van der Waals surface area contributed by atoms with E-state index in [9.17, 15) is 9.59 Å². The van der Waals surface area contributed by atoms with Crippen molar-refractivity contribution in [1.29, 1.82) is 0 Å². The largest absolute Gasteiger partial charge is 0.465 e. The second-order valence-corrected chi connectivity index (χ2v) is 5.83. The summed E-state index contributed by atoms with van der Waals surface area (Å²) >= 11 is 0. The molecule has 5 nitrogen and oxygen atoms in total. The SMILES string of the molecule is CC(C)CCNC(=O)/C(=C/c1ccco1)NC(=O)c1ccccc1. The summed E-state index contributed by atoms with van der Waals surface area (Å²) in [6.45, 7) is 4.72. The summed E-state index contributed by atoms with van der Waals surface area (Å²) in [5, 5.41) is 5.48. The van der Waals surface area contributed by atoms with Crippen molar-refractivity contribution in [2.24, 2.45) is 5.92 Å². The molecule has 0 saturated heterocycles. The predicted octanol–water partition coefficient (Wildman–Crippen LogP) is 3.21. The molecule has 2 aromatic rings. The zero-order valence-corrected chi connectivity index (χ0v) is 13.9. The fraction of sp³-hybridized carbons (Fsp3) is 0.263. The lowest BCUT2D eigenvalue weighted by molar-refractivity contribution is -0.117. The van der Waals surface area contributed by atoms with Gasteiger partial charge in [-0.3, -0.25) is 9.59 Å². The summed E-state index contributed by atoms with van der Waals surface area (Å²) in [5.41, 5.74) is 0.639.